The van der Waals surface area contributed by atoms with Crippen LogP contribution in [0.25, 0.3) is 16.9 Å². The van der Waals surface area contributed by atoms with Gasteiger partial charge in [-0.3, -0.25) is 10.1 Å². The largest absolute Gasteiger partial charge is 0.508 e. The number of aliphatic hydroxyl groups excluding tert-OH is 1. The normalized spacial score (nSPS) is 10.2. The van der Waals surface area contributed by atoms with E-state index in [4.69, 9.17) is 5.73 Å². The van der Waals surface area contributed by atoms with Crippen LogP contribution in [0.3, 0.4) is 0 Å². The minimum absolute atomic E-state index is 0.0669. The molecule has 0 aliphatic heterocycles. The number of non-ortho nitro benzene ring substituents is 1. The van der Waals surface area contributed by atoms with Gasteiger partial charge in [-0.25, -0.2) is 0 Å². The third-order valence-corrected chi connectivity index (χ3v) is 3.02. The highest BCUT2D eigenvalue weighted by Crippen LogP contribution is 2.34. The van der Waals surface area contributed by atoms with Gasteiger partial charge in [-0.05, 0) is 24.6 Å². The molecule has 0 amide bonds. The first-order valence-electron chi connectivity index (χ1n) is 5.93. The van der Waals surface area contributed by atoms with Crippen molar-refractivity contribution in [3.63, 3.8) is 0 Å². The molecule has 2 rings (SSSR count). The number of anilines is 1. The molecule has 0 fully saturated rings. The number of rotatable bonds is 3. The zero-order valence-corrected chi connectivity index (χ0v) is 11.0. The lowest BCUT2D eigenvalue weighted by molar-refractivity contribution is -0.384. The Morgan fingerprint density at radius 1 is 1.25 bits per heavy atom. The van der Waals surface area contributed by atoms with Crippen molar-refractivity contribution in [2.24, 2.45) is 0 Å². The second-order valence-electron chi connectivity index (χ2n) is 4.52. The molecule has 0 spiro atoms. The first kappa shape index (κ1) is 13.6. The fourth-order valence-electron chi connectivity index (χ4n) is 2.04. The van der Waals surface area contributed by atoms with E-state index in [-0.39, 0.29) is 17.1 Å². The van der Waals surface area contributed by atoms with E-state index >= 15 is 0 Å². The molecule has 0 radical (unpaired) electrons. The van der Waals surface area contributed by atoms with Gasteiger partial charge in [0.15, 0.2) is 0 Å². The summed E-state index contributed by atoms with van der Waals surface area (Å²) in [7, 11) is 0. The highest BCUT2D eigenvalue weighted by Gasteiger charge is 2.14. The van der Waals surface area contributed by atoms with Gasteiger partial charge in [0, 0.05) is 28.9 Å². The Hall–Kier alpha value is -2.82. The van der Waals surface area contributed by atoms with Crippen LogP contribution in [-0.2, 0) is 0 Å². The van der Waals surface area contributed by atoms with Crippen molar-refractivity contribution in [1.29, 1.82) is 0 Å². The summed E-state index contributed by atoms with van der Waals surface area (Å²) in [6.45, 7) is 5.43. The average molecular weight is 270 g/mol. The van der Waals surface area contributed by atoms with Gasteiger partial charge in [0.25, 0.3) is 5.69 Å². The van der Waals surface area contributed by atoms with E-state index < -0.39 is 4.92 Å². The lowest BCUT2D eigenvalue weighted by atomic mass is 9.95. The van der Waals surface area contributed by atoms with E-state index in [1.54, 1.807) is 12.1 Å². The summed E-state index contributed by atoms with van der Waals surface area (Å²) in [5, 5.41) is 20.4. The van der Waals surface area contributed by atoms with E-state index in [1.165, 1.54) is 12.1 Å². The Balaban J connectivity index is 2.63. The molecule has 0 bridgehead atoms. The molecule has 0 saturated heterocycles. The summed E-state index contributed by atoms with van der Waals surface area (Å²) in [4.78, 5) is 10.2. The Bertz CT molecular complexity index is 708. The van der Waals surface area contributed by atoms with Crippen molar-refractivity contribution < 1.29 is 10.0 Å². The Morgan fingerprint density at radius 2 is 1.90 bits per heavy atom. The number of aliphatic hydroxyl groups is 1. The van der Waals surface area contributed by atoms with Crippen molar-refractivity contribution in [3.05, 3.63) is 64.2 Å². The molecule has 0 atom stereocenters. The van der Waals surface area contributed by atoms with Crippen LogP contribution in [0.5, 0.6) is 0 Å². The summed E-state index contributed by atoms with van der Waals surface area (Å²) < 4.78 is 0. The van der Waals surface area contributed by atoms with Crippen LogP contribution >= 0.6 is 0 Å². The molecule has 0 unspecified atom stereocenters. The summed E-state index contributed by atoms with van der Waals surface area (Å²) in [6, 6.07) is 9.74. The minimum Gasteiger partial charge on any atom is -0.508 e. The molecule has 5 nitrogen and oxygen atoms in total. The van der Waals surface area contributed by atoms with Gasteiger partial charge in [0.05, 0.1) is 4.92 Å². The molecule has 0 aliphatic rings. The Morgan fingerprint density at radius 3 is 2.45 bits per heavy atom. The van der Waals surface area contributed by atoms with Crippen molar-refractivity contribution in [2.45, 2.75) is 6.92 Å². The second-order valence-corrected chi connectivity index (χ2v) is 4.52. The van der Waals surface area contributed by atoms with Crippen molar-refractivity contribution in [3.8, 4) is 11.1 Å². The third-order valence-electron chi connectivity index (χ3n) is 3.02. The van der Waals surface area contributed by atoms with E-state index in [0.29, 0.717) is 16.7 Å². The minimum atomic E-state index is -0.499. The van der Waals surface area contributed by atoms with Crippen LogP contribution in [0.4, 0.5) is 11.4 Å². The molecule has 0 heterocycles. The number of nitro benzene ring substituents is 1. The van der Waals surface area contributed by atoms with Gasteiger partial charge in [-0.2, -0.15) is 0 Å². The number of nitro groups is 1. The number of nitrogens with zero attached hydrogens (tertiary/aromatic N) is 1. The summed E-state index contributed by atoms with van der Waals surface area (Å²) in [5.41, 5.74) is 8.95. The number of nitrogens with two attached hydrogens (primary N) is 1. The highest BCUT2D eigenvalue weighted by molar-refractivity contribution is 5.85. The predicted octanol–water partition coefficient (Wildman–Crippen LogP) is 3.68. The standard InChI is InChI=1S/C15H14N2O3/c1-9-3-5-12(14(7-9)10(2)18)13-6-4-11(17(19)20)8-15(13)16/h3-8,18H,2,16H2,1H3. The molecule has 102 valence electrons. The summed E-state index contributed by atoms with van der Waals surface area (Å²) in [5.74, 6) is -0.0681. The van der Waals surface area contributed by atoms with Gasteiger partial charge < -0.3 is 10.8 Å². The molecule has 2 aromatic carbocycles. The van der Waals surface area contributed by atoms with Crippen molar-refractivity contribution >= 4 is 17.1 Å². The molecule has 0 aromatic heterocycles. The molecule has 3 N–H and O–H groups in total. The zero-order chi connectivity index (χ0) is 14.9. The fourth-order valence-corrected chi connectivity index (χ4v) is 2.04. The Kier molecular flexibility index (Phi) is 3.43. The lowest BCUT2D eigenvalue weighted by Crippen LogP contribution is -1.96. The maximum Gasteiger partial charge on any atom is 0.271 e. The first-order chi connectivity index (χ1) is 9.40. The molecule has 0 saturated carbocycles. The summed E-state index contributed by atoms with van der Waals surface area (Å²) in [6.07, 6.45) is 0. The highest BCUT2D eigenvalue weighted by atomic mass is 16.6. The van der Waals surface area contributed by atoms with E-state index in [9.17, 15) is 15.2 Å². The van der Waals surface area contributed by atoms with Gasteiger partial charge in [0.2, 0.25) is 0 Å². The van der Waals surface area contributed by atoms with Crippen molar-refractivity contribution in [2.75, 3.05) is 5.73 Å². The van der Waals surface area contributed by atoms with E-state index in [0.717, 1.165) is 5.56 Å². The maximum atomic E-state index is 10.7. The van der Waals surface area contributed by atoms with Gasteiger partial charge in [-0.1, -0.05) is 24.3 Å². The molecule has 0 aliphatic carbocycles. The monoisotopic (exact) mass is 270 g/mol. The number of aryl methyl sites for hydroxylation is 1. The zero-order valence-electron chi connectivity index (χ0n) is 11.0. The van der Waals surface area contributed by atoms with Crippen LogP contribution in [0.2, 0.25) is 0 Å². The molecule has 20 heavy (non-hydrogen) atoms. The summed E-state index contributed by atoms with van der Waals surface area (Å²) >= 11 is 0. The van der Waals surface area contributed by atoms with E-state index in [1.807, 2.05) is 19.1 Å². The second kappa shape index (κ2) is 5.05. The number of hydrogen-bond acceptors (Lipinski definition) is 4. The molecule has 5 heteroatoms. The smallest absolute Gasteiger partial charge is 0.271 e. The predicted molar refractivity (Wildman–Crippen MR) is 79.3 cm³/mol. The van der Waals surface area contributed by atoms with Crippen LogP contribution in [0, 0.1) is 17.0 Å². The number of benzene rings is 2. The first-order valence-corrected chi connectivity index (χ1v) is 5.93. The van der Waals surface area contributed by atoms with Crippen LogP contribution in [0.15, 0.2) is 43.0 Å². The lowest BCUT2D eigenvalue weighted by Gasteiger charge is -2.12. The number of hydrogen-bond donors (Lipinski definition) is 2. The molecular formula is C15H14N2O3. The van der Waals surface area contributed by atoms with Gasteiger partial charge >= 0.3 is 0 Å². The molecule has 2 aromatic rings. The SMILES string of the molecule is C=C(O)c1cc(C)ccc1-c1ccc([N+](=O)[O-])cc1N. The van der Waals surface area contributed by atoms with Crippen LogP contribution in [0.1, 0.15) is 11.1 Å². The van der Waals surface area contributed by atoms with Gasteiger partial charge in [-0.15, -0.1) is 0 Å². The topological polar surface area (TPSA) is 89.4 Å². The Labute approximate surface area is 116 Å². The van der Waals surface area contributed by atoms with Crippen LogP contribution in [-0.4, -0.2) is 10.0 Å². The quantitative estimate of drug-likeness (QED) is 0.385. The van der Waals surface area contributed by atoms with E-state index in [2.05, 4.69) is 6.58 Å². The fraction of sp³-hybridized carbons (Fsp3) is 0.0667. The average Bonchev–Trinajstić information content (AvgIpc) is 2.38. The number of nitrogen functional groups attached to an aromatic ring is 1. The third kappa shape index (κ3) is 2.47. The van der Waals surface area contributed by atoms with Gasteiger partial charge in [0.1, 0.15) is 5.76 Å². The molecular weight excluding hydrogens is 256 g/mol. The maximum absolute atomic E-state index is 10.7. The van der Waals surface area contributed by atoms with Crippen molar-refractivity contribution in [1.82, 2.24) is 0 Å². The van der Waals surface area contributed by atoms with Crippen LogP contribution < -0.4 is 5.73 Å².